The van der Waals surface area contributed by atoms with Gasteiger partial charge in [-0.25, -0.2) is 0 Å². The average molecular weight is 148 g/mol. The van der Waals surface area contributed by atoms with Crippen LogP contribution < -0.4 is 5.73 Å². The predicted octanol–water partition coefficient (Wildman–Crippen LogP) is 1.29. The van der Waals surface area contributed by atoms with Gasteiger partial charge in [-0.2, -0.15) is 0 Å². The fraction of sp³-hybridized carbons (Fsp3) is 0.444. The Kier molecular flexibility index (Phi) is 1.62. The molecule has 0 amide bonds. The second-order valence-corrected chi connectivity index (χ2v) is 3.13. The van der Waals surface area contributed by atoms with E-state index in [1.54, 1.807) is 6.20 Å². The summed E-state index contributed by atoms with van der Waals surface area (Å²) in [4.78, 5) is 4.07. The van der Waals surface area contributed by atoms with E-state index in [1.807, 2.05) is 12.3 Å². The predicted molar refractivity (Wildman–Crippen MR) is 44.2 cm³/mol. The first-order valence-electron chi connectivity index (χ1n) is 4.03. The lowest BCUT2D eigenvalue weighted by Gasteiger charge is -2.33. The molecule has 1 aromatic rings. The first kappa shape index (κ1) is 6.80. The molecule has 1 heterocycles. The van der Waals surface area contributed by atoms with Crippen LogP contribution in [0.3, 0.4) is 0 Å². The molecule has 0 spiro atoms. The molecule has 2 nitrogen and oxygen atoms in total. The zero-order chi connectivity index (χ0) is 7.68. The lowest BCUT2D eigenvalue weighted by molar-refractivity contribution is 0.346. The Morgan fingerprint density at radius 1 is 1.45 bits per heavy atom. The van der Waals surface area contributed by atoms with Gasteiger partial charge in [0, 0.05) is 24.4 Å². The first-order chi connectivity index (χ1) is 5.38. The summed E-state index contributed by atoms with van der Waals surface area (Å²) in [5, 5.41) is 0. The summed E-state index contributed by atoms with van der Waals surface area (Å²) < 4.78 is 0. The summed E-state index contributed by atoms with van der Waals surface area (Å²) in [6, 6.07) is 4.45. The highest BCUT2D eigenvalue weighted by molar-refractivity contribution is 5.19. The minimum absolute atomic E-state index is 0.374. The second kappa shape index (κ2) is 2.62. The van der Waals surface area contributed by atoms with Gasteiger partial charge in [-0.05, 0) is 24.5 Å². The second-order valence-electron chi connectivity index (χ2n) is 3.13. The highest BCUT2D eigenvalue weighted by atomic mass is 14.7. The Hall–Kier alpha value is -0.890. The van der Waals surface area contributed by atoms with E-state index in [4.69, 9.17) is 5.73 Å². The standard InChI is InChI=1S/C9H12N2/c10-9-4-3-8(9)7-2-1-5-11-6-7/h1-2,5-6,8-9H,3-4,10H2. The molecule has 0 saturated heterocycles. The minimum atomic E-state index is 0.374. The molecule has 0 radical (unpaired) electrons. The highest BCUT2D eigenvalue weighted by Gasteiger charge is 2.28. The van der Waals surface area contributed by atoms with Crippen molar-refractivity contribution < 1.29 is 0 Å². The van der Waals surface area contributed by atoms with Crippen molar-refractivity contribution >= 4 is 0 Å². The van der Waals surface area contributed by atoms with Gasteiger partial charge in [-0.3, -0.25) is 4.98 Å². The molecule has 2 unspecified atom stereocenters. The van der Waals surface area contributed by atoms with Crippen molar-refractivity contribution in [2.75, 3.05) is 0 Å². The maximum Gasteiger partial charge on any atom is 0.0303 e. The van der Waals surface area contributed by atoms with Gasteiger partial charge >= 0.3 is 0 Å². The fourth-order valence-electron chi connectivity index (χ4n) is 1.53. The third-order valence-electron chi connectivity index (χ3n) is 2.44. The Morgan fingerprint density at radius 2 is 2.36 bits per heavy atom. The van der Waals surface area contributed by atoms with Gasteiger partial charge in [-0.1, -0.05) is 6.07 Å². The summed E-state index contributed by atoms with van der Waals surface area (Å²) in [5.74, 6) is 0.573. The van der Waals surface area contributed by atoms with Crippen LogP contribution in [0, 0.1) is 0 Å². The van der Waals surface area contributed by atoms with E-state index in [2.05, 4.69) is 11.1 Å². The van der Waals surface area contributed by atoms with E-state index >= 15 is 0 Å². The number of nitrogens with two attached hydrogens (primary N) is 1. The molecular weight excluding hydrogens is 136 g/mol. The van der Waals surface area contributed by atoms with Crippen LogP contribution in [0.5, 0.6) is 0 Å². The van der Waals surface area contributed by atoms with E-state index < -0.39 is 0 Å². The smallest absolute Gasteiger partial charge is 0.0303 e. The quantitative estimate of drug-likeness (QED) is 0.651. The van der Waals surface area contributed by atoms with Crippen LogP contribution >= 0.6 is 0 Å². The van der Waals surface area contributed by atoms with Crippen LogP contribution in [0.15, 0.2) is 24.5 Å². The molecule has 2 rings (SSSR count). The van der Waals surface area contributed by atoms with Crippen molar-refractivity contribution in [2.24, 2.45) is 5.73 Å². The van der Waals surface area contributed by atoms with E-state index in [0.717, 1.165) is 0 Å². The molecule has 0 aliphatic heterocycles. The van der Waals surface area contributed by atoms with Gasteiger partial charge in [0.25, 0.3) is 0 Å². The minimum Gasteiger partial charge on any atom is -0.327 e. The number of rotatable bonds is 1. The lowest BCUT2D eigenvalue weighted by atomic mass is 9.76. The van der Waals surface area contributed by atoms with Crippen LogP contribution in [0.1, 0.15) is 24.3 Å². The van der Waals surface area contributed by atoms with E-state index in [-0.39, 0.29) is 0 Å². The first-order valence-corrected chi connectivity index (χ1v) is 4.03. The summed E-state index contributed by atoms with van der Waals surface area (Å²) in [5.41, 5.74) is 7.12. The summed E-state index contributed by atoms with van der Waals surface area (Å²) in [6.07, 6.45) is 6.11. The number of aromatic nitrogens is 1. The molecule has 1 aliphatic carbocycles. The largest absolute Gasteiger partial charge is 0.327 e. The molecule has 11 heavy (non-hydrogen) atoms. The number of pyridine rings is 1. The molecule has 2 heteroatoms. The normalized spacial score (nSPS) is 29.5. The SMILES string of the molecule is NC1CCC1c1cccnc1. The summed E-state index contributed by atoms with van der Waals surface area (Å²) >= 11 is 0. The topological polar surface area (TPSA) is 38.9 Å². The van der Waals surface area contributed by atoms with Crippen LogP contribution in [-0.4, -0.2) is 11.0 Å². The molecule has 1 saturated carbocycles. The van der Waals surface area contributed by atoms with Gasteiger partial charge in [0.15, 0.2) is 0 Å². The highest BCUT2D eigenvalue weighted by Crippen LogP contribution is 2.34. The van der Waals surface area contributed by atoms with Crippen molar-refractivity contribution in [3.63, 3.8) is 0 Å². The van der Waals surface area contributed by atoms with Gasteiger partial charge < -0.3 is 5.73 Å². The van der Waals surface area contributed by atoms with Crippen LogP contribution in [0.2, 0.25) is 0 Å². The molecule has 2 atom stereocenters. The number of hydrogen-bond donors (Lipinski definition) is 1. The van der Waals surface area contributed by atoms with Gasteiger partial charge in [0.1, 0.15) is 0 Å². The van der Waals surface area contributed by atoms with Crippen LogP contribution in [0.4, 0.5) is 0 Å². The number of nitrogens with zero attached hydrogens (tertiary/aromatic N) is 1. The molecule has 58 valence electrons. The zero-order valence-corrected chi connectivity index (χ0v) is 6.40. The van der Waals surface area contributed by atoms with Crippen molar-refractivity contribution in [2.45, 2.75) is 24.8 Å². The molecule has 0 bridgehead atoms. The van der Waals surface area contributed by atoms with E-state index in [0.29, 0.717) is 12.0 Å². The number of hydrogen-bond acceptors (Lipinski definition) is 2. The van der Waals surface area contributed by atoms with Crippen LogP contribution in [0.25, 0.3) is 0 Å². The molecule has 1 fully saturated rings. The third-order valence-corrected chi connectivity index (χ3v) is 2.44. The van der Waals surface area contributed by atoms with Gasteiger partial charge in [0.05, 0.1) is 0 Å². The molecule has 1 aromatic heterocycles. The summed E-state index contributed by atoms with van der Waals surface area (Å²) in [6.45, 7) is 0. The van der Waals surface area contributed by atoms with Crippen molar-refractivity contribution in [1.29, 1.82) is 0 Å². The Labute approximate surface area is 66.4 Å². The van der Waals surface area contributed by atoms with Crippen molar-refractivity contribution in [3.05, 3.63) is 30.1 Å². The van der Waals surface area contributed by atoms with E-state index in [1.165, 1.54) is 18.4 Å². The third kappa shape index (κ3) is 1.14. The Bertz CT molecular complexity index is 233. The molecular formula is C9H12N2. The van der Waals surface area contributed by atoms with Crippen LogP contribution in [-0.2, 0) is 0 Å². The Balaban J connectivity index is 2.17. The maximum atomic E-state index is 5.83. The monoisotopic (exact) mass is 148 g/mol. The Morgan fingerprint density at radius 3 is 2.82 bits per heavy atom. The van der Waals surface area contributed by atoms with Crippen molar-refractivity contribution in [1.82, 2.24) is 4.98 Å². The van der Waals surface area contributed by atoms with Gasteiger partial charge in [-0.15, -0.1) is 0 Å². The lowest BCUT2D eigenvalue weighted by Crippen LogP contribution is -2.37. The molecule has 1 aliphatic rings. The molecule has 2 N–H and O–H groups in total. The average Bonchev–Trinajstić information content (AvgIpc) is 2.04. The molecule has 0 aromatic carbocycles. The van der Waals surface area contributed by atoms with Gasteiger partial charge in [0.2, 0.25) is 0 Å². The van der Waals surface area contributed by atoms with Crippen molar-refractivity contribution in [3.8, 4) is 0 Å². The zero-order valence-electron chi connectivity index (χ0n) is 6.40. The maximum absolute atomic E-state index is 5.83. The van der Waals surface area contributed by atoms with E-state index in [9.17, 15) is 0 Å². The fourth-order valence-corrected chi connectivity index (χ4v) is 1.53. The summed E-state index contributed by atoms with van der Waals surface area (Å²) in [7, 11) is 0.